The molecule has 0 unspecified atom stereocenters. The van der Waals surface area contributed by atoms with Crippen LogP contribution in [-0.4, -0.2) is 50.4 Å². The normalized spacial score (nSPS) is 34.3. The summed E-state index contributed by atoms with van der Waals surface area (Å²) in [7, 11) is 0. The van der Waals surface area contributed by atoms with Gasteiger partial charge in [0.1, 0.15) is 0 Å². The zero-order chi connectivity index (χ0) is 23.2. The molecule has 0 amide bonds. The molecule has 2 aromatic carbocycles. The van der Waals surface area contributed by atoms with E-state index in [1.54, 1.807) is 0 Å². The first kappa shape index (κ1) is 23.6. The Morgan fingerprint density at radius 1 is 0.939 bits per heavy atom. The number of rotatable bonds is 4. The van der Waals surface area contributed by atoms with Crippen molar-refractivity contribution in [1.29, 1.82) is 0 Å². The second kappa shape index (κ2) is 9.13. The Bertz CT molecular complexity index is 931. The molecule has 2 saturated heterocycles. The van der Waals surface area contributed by atoms with Crippen LogP contribution in [0.4, 0.5) is 0 Å². The Hall–Kier alpha value is -1.16. The Balaban J connectivity index is 1.49. The van der Waals surface area contributed by atoms with Gasteiger partial charge in [0.25, 0.3) is 0 Å². The fourth-order valence-electron chi connectivity index (χ4n) is 6.25. The molecule has 2 aromatic rings. The van der Waals surface area contributed by atoms with E-state index < -0.39 is 0 Å². The summed E-state index contributed by atoms with van der Waals surface area (Å²) in [5, 5.41) is 0. The standard InChI is InChI=1S/C29H39NO2Se/c1-20-16-17-23-24(18-20)31-27-26(21-12-8-6-9-13-21)32-25(19-30(27)28(23,2)3)29(4,5)33-22-14-10-7-11-15-22/h6-15,20,23-27H,16-19H2,1-5H3/t20-,23-,24-,25+,26+,27+/m1/s1. The van der Waals surface area contributed by atoms with E-state index >= 15 is 0 Å². The quantitative estimate of drug-likeness (QED) is 0.498. The predicted octanol–water partition coefficient (Wildman–Crippen LogP) is 5.60. The molecule has 0 radical (unpaired) electrons. The van der Waals surface area contributed by atoms with Crippen LogP contribution >= 0.6 is 0 Å². The van der Waals surface area contributed by atoms with Gasteiger partial charge < -0.3 is 0 Å². The van der Waals surface area contributed by atoms with Gasteiger partial charge >= 0.3 is 207 Å². The van der Waals surface area contributed by atoms with Crippen molar-refractivity contribution in [3.63, 3.8) is 0 Å². The average Bonchev–Trinajstić information content (AvgIpc) is 2.79. The molecule has 0 bridgehead atoms. The maximum absolute atomic E-state index is 7.03. The average molecular weight is 513 g/mol. The van der Waals surface area contributed by atoms with Crippen molar-refractivity contribution >= 4 is 19.4 Å². The van der Waals surface area contributed by atoms with E-state index in [2.05, 4.69) is 100 Å². The summed E-state index contributed by atoms with van der Waals surface area (Å²) in [5.74, 6) is 1.33. The Morgan fingerprint density at radius 3 is 2.30 bits per heavy atom. The van der Waals surface area contributed by atoms with Gasteiger partial charge in [0.2, 0.25) is 0 Å². The summed E-state index contributed by atoms with van der Waals surface area (Å²) in [6.07, 6.45) is 4.15. The predicted molar refractivity (Wildman–Crippen MR) is 136 cm³/mol. The topological polar surface area (TPSA) is 21.7 Å². The number of benzene rings is 2. The monoisotopic (exact) mass is 513 g/mol. The summed E-state index contributed by atoms with van der Waals surface area (Å²) >= 11 is 0.316. The van der Waals surface area contributed by atoms with Crippen LogP contribution in [0.15, 0.2) is 60.7 Å². The van der Waals surface area contributed by atoms with E-state index in [0.717, 1.165) is 12.5 Å². The van der Waals surface area contributed by atoms with Gasteiger partial charge in [-0.05, 0) is 0 Å². The van der Waals surface area contributed by atoms with Crippen molar-refractivity contribution in [2.45, 2.75) is 88.3 Å². The van der Waals surface area contributed by atoms with Crippen LogP contribution in [0.2, 0.25) is 4.31 Å². The van der Waals surface area contributed by atoms with Crippen LogP contribution in [0.3, 0.4) is 0 Å². The molecular weight excluding hydrogens is 473 g/mol. The van der Waals surface area contributed by atoms with Crippen molar-refractivity contribution in [2.75, 3.05) is 6.54 Å². The zero-order valence-electron chi connectivity index (χ0n) is 20.7. The first-order valence-electron chi connectivity index (χ1n) is 12.6. The Morgan fingerprint density at radius 2 is 1.61 bits per heavy atom. The molecule has 0 spiro atoms. The molecule has 0 aromatic heterocycles. The number of morpholine rings is 1. The molecule has 1 saturated carbocycles. The molecule has 3 fully saturated rings. The van der Waals surface area contributed by atoms with Crippen molar-refractivity contribution in [3.05, 3.63) is 66.2 Å². The third kappa shape index (κ3) is 4.58. The second-order valence-corrected chi connectivity index (χ2v) is 15.0. The molecule has 5 rings (SSSR count). The van der Waals surface area contributed by atoms with E-state index in [-0.39, 0.29) is 28.3 Å². The summed E-state index contributed by atoms with van der Waals surface area (Å²) < 4.78 is 15.5. The van der Waals surface area contributed by atoms with Crippen molar-refractivity contribution in [1.82, 2.24) is 4.90 Å². The molecular formula is C29H39NO2Se. The molecule has 33 heavy (non-hydrogen) atoms. The van der Waals surface area contributed by atoms with Crippen molar-refractivity contribution in [3.8, 4) is 0 Å². The van der Waals surface area contributed by atoms with Gasteiger partial charge in [-0.25, -0.2) is 0 Å². The summed E-state index contributed by atoms with van der Waals surface area (Å²) in [4.78, 5) is 2.68. The number of ether oxygens (including phenoxy) is 2. The van der Waals surface area contributed by atoms with E-state index in [1.165, 1.54) is 29.3 Å². The first-order valence-corrected chi connectivity index (χ1v) is 14.3. The van der Waals surface area contributed by atoms with E-state index in [4.69, 9.17) is 9.47 Å². The molecule has 178 valence electrons. The van der Waals surface area contributed by atoms with Gasteiger partial charge in [-0.3, -0.25) is 0 Å². The summed E-state index contributed by atoms with van der Waals surface area (Å²) in [5.41, 5.74) is 1.33. The fraction of sp³-hybridized carbons (Fsp3) is 0.586. The molecule has 6 atom stereocenters. The van der Waals surface area contributed by atoms with E-state index in [0.29, 0.717) is 27.0 Å². The minimum atomic E-state index is -0.0618. The third-order valence-corrected chi connectivity index (χ3v) is 11.0. The van der Waals surface area contributed by atoms with Gasteiger partial charge in [-0.15, -0.1) is 0 Å². The van der Waals surface area contributed by atoms with Crippen LogP contribution in [0, 0.1) is 11.8 Å². The Labute approximate surface area is 206 Å². The minimum absolute atomic E-state index is 0.0229. The fourth-order valence-corrected chi connectivity index (χ4v) is 8.69. The molecule has 2 heterocycles. The van der Waals surface area contributed by atoms with Gasteiger partial charge in [0, 0.05) is 0 Å². The van der Waals surface area contributed by atoms with Gasteiger partial charge in [-0.1, -0.05) is 0 Å². The summed E-state index contributed by atoms with van der Waals surface area (Å²) in [6, 6.07) is 21.7. The molecule has 2 aliphatic heterocycles. The number of hydrogen-bond donors (Lipinski definition) is 0. The number of hydrogen-bond acceptors (Lipinski definition) is 3. The second-order valence-electron chi connectivity index (χ2n) is 11.4. The maximum atomic E-state index is 7.03. The van der Waals surface area contributed by atoms with Gasteiger partial charge in [0.05, 0.1) is 0 Å². The number of nitrogens with zero attached hydrogens (tertiary/aromatic N) is 1. The number of fused-ring (bicyclic) bond motifs is 2. The Kier molecular flexibility index (Phi) is 6.52. The van der Waals surface area contributed by atoms with Crippen molar-refractivity contribution in [2.24, 2.45) is 11.8 Å². The van der Waals surface area contributed by atoms with Gasteiger partial charge in [-0.2, -0.15) is 0 Å². The van der Waals surface area contributed by atoms with Crippen LogP contribution in [0.5, 0.6) is 0 Å². The molecule has 3 nitrogen and oxygen atoms in total. The molecule has 1 aliphatic carbocycles. The van der Waals surface area contributed by atoms with Crippen LogP contribution < -0.4 is 4.46 Å². The zero-order valence-corrected chi connectivity index (χ0v) is 22.5. The molecule has 0 N–H and O–H groups in total. The van der Waals surface area contributed by atoms with Gasteiger partial charge in [0.15, 0.2) is 0 Å². The van der Waals surface area contributed by atoms with Crippen molar-refractivity contribution < 1.29 is 9.47 Å². The molecule has 4 heteroatoms. The van der Waals surface area contributed by atoms with Crippen LogP contribution in [0.25, 0.3) is 0 Å². The summed E-state index contributed by atoms with van der Waals surface area (Å²) in [6.45, 7) is 13.0. The van der Waals surface area contributed by atoms with Crippen LogP contribution in [-0.2, 0) is 9.47 Å². The van der Waals surface area contributed by atoms with E-state index in [9.17, 15) is 0 Å². The third-order valence-electron chi connectivity index (χ3n) is 8.28. The van der Waals surface area contributed by atoms with E-state index in [1.807, 2.05) is 0 Å². The first-order chi connectivity index (χ1) is 15.8. The molecule has 3 aliphatic rings. The SMILES string of the molecule is C[C@@H]1CC[C@@H]2[C@@H](C1)O[C@H]1[C@H](c3ccccc3)O[C@H](C(C)(C)[Se]c3ccccc3)CN1C2(C)C. The van der Waals surface area contributed by atoms with Crippen LogP contribution in [0.1, 0.15) is 65.5 Å².